The van der Waals surface area contributed by atoms with Crippen LogP contribution in [0.1, 0.15) is 30.2 Å². The second kappa shape index (κ2) is 10.6. The van der Waals surface area contributed by atoms with Crippen molar-refractivity contribution < 1.29 is 9.15 Å². The highest BCUT2D eigenvalue weighted by Crippen LogP contribution is 2.23. The Labute approximate surface area is 194 Å². The molecule has 1 atom stereocenters. The van der Waals surface area contributed by atoms with Gasteiger partial charge in [-0.1, -0.05) is 12.1 Å². The third-order valence-electron chi connectivity index (χ3n) is 5.38. The number of nitrogens with two attached hydrogens (primary N) is 1. The number of rotatable bonds is 6. The van der Waals surface area contributed by atoms with E-state index in [2.05, 4.69) is 12.1 Å². The van der Waals surface area contributed by atoms with E-state index in [4.69, 9.17) is 25.7 Å². The Kier molecular flexibility index (Phi) is 8.36. The van der Waals surface area contributed by atoms with E-state index in [-0.39, 0.29) is 36.8 Å². The molecule has 1 aliphatic rings. The minimum atomic E-state index is 0. The van der Waals surface area contributed by atoms with Crippen LogP contribution in [0.25, 0.3) is 11.0 Å². The maximum atomic E-state index is 7.72. The Bertz CT molecular complexity index is 1050. The van der Waals surface area contributed by atoms with Gasteiger partial charge in [-0.15, -0.1) is 24.8 Å². The van der Waals surface area contributed by atoms with Gasteiger partial charge in [-0.25, -0.2) is 0 Å². The van der Waals surface area contributed by atoms with Crippen molar-refractivity contribution in [2.45, 2.75) is 32.3 Å². The molecule has 0 saturated carbocycles. The lowest BCUT2D eigenvalue weighted by molar-refractivity contribution is 0.214. The van der Waals surface area contributed by atoms with Gasteiger partial charge >= 0.3 is 0 Å². The fourth-order valence-corrected chi connectivity index (χ4v) is 3.71. The van der Waals surface area contributed by atoms with Crippen molar-refractivity contribution in [3.05, 3.63) is 65.4 Å². The summed E-state index contributed by atoms with van der Waals surface area (Å²) in [5.74, 6) is 2.47. The minimum absolute atomic E-state index is 0. The van der Waals surface area contributed by atoms with Crippen LogP contribution in [0, 0.1) is 10.8 Å². The number of aryl methyl sites for hydroxylation is 2. The highest BCUT2D eigenvalue weighted by Gasteiger charge is 2.24. The van der Waals surface area contributed by atoms with Gasteiger partial charge in [-0.05, 0) is 55.3 Å². The predicted molar refractivity (Wildman–Crippen MR) is 130 cm³/mol. The molecular weight excluding hydrogens is 435 g/mol. The number of nitrogen functional groups attached to an aromatic ring is 1. The number of nitrogens with zero attached hydrogens (tertiary/aromatic N) is 1. The van der Waals surface area contributed by atoms with Crippen LogP contribution in [-0.4, -0.2) is 35.8 Å². The van der Waals surface area contributed by atoms with Crippen LogP contribution in [0.15, 0.2) is 52.9 Å². The van der Waals surface area contributed by atoms with E-state index in [0.717, 1.165) is 54.8 Å². The van der Waals surface area contributed by atoms with Crippen molar-refractivity contribution in [2.75, 3.05) is 13.1 Å². The summed E-state index contributed by atoms with van der Waals surface area (Å²) in [5.41, 5.74) is 8.32. The number of nitrogens with one attached hydrogen (secondary N) is 2. The molecule has 0 spiro atoms. The van der Waals surface area contributed by atoms with Gasteiger partial charge in [0.15, 0.2) is 0 Å². The Morgan fingerprint density at radius 3 is 2.48 bits per heavy atom. The van der Waals surface area contributed by atoms with E-state index in [1.54, 1.807) is 0 Å². The molecule has 4 N–H and O–H groups in total. The van der Waals surface area contributed by atoms with E-state index in [9.17, 15) is 0 Å². The zero-order chi connectivity index (χ0) is 20.4. The molecule has 1 aliphatic heterocycles. The van der Waals surface area contributed by atoms with E-state index >= 15 is 0 Å². The molecule has 0 unspecified atom stereocenters. The van der Waals surface area contributed by atoms with E-state index in [1.807, 2.05) is 48.2 Å². The molecule has 8 heteroatoms. The summed E-state index contributed by atoms with van der Waals surface area (Å²) in [6, 6.07) is 15.8. The third-order valence-corrected chi connectivity index (χ3v) is 5.38. The number of furan rings is 1. The Morgan fingerprint density at radius 1 is 1.10 bits per heavy atom. The molecule has 166 valence electrons. The highest BCUT2D eigenvalue weighted by atomic mass is 35.5. The molecule has 0 radical (unpaired) electrons. The van der Waals surface area contributed by atoms with Gasteiger partial charge in [-0.2, -0.15) is 0 Å². The fraction of sp³-hybridized carbons (Fsp3) is 0.304. The van der Waals surface area contributed by atoms with Crippen molar-refractivity contribution in [3.63, 3.8) is 0 Å². The largest absolute Gasteiger partial charge is 0.489 e. The first kappa shape index (κ1) is 24.6. The van der Waals surface area contributed by atoms with E-state index in [1.165, 1.54) is 5.56 Å². The van der Waals surface area contributed by atoms with Crippen molar-refractivity contribution in [2.24, 2.45) is 5.73 Å². The Hall–Kier alpha value is -2.70. The van der Waals surface area contributed by atoms with Crippen molar-refractivity contribution in [1.29, 1.82) is 10.8 Å². The van der Waals surface area contributed by atoms with Crippen LogP contribution in [0.4, 0.5) is 0 Å². The molecule has 2 aromatic carbocycles. The summed E-state index contributed by atoms with van der Waals surface area (Å²) in [4.78, 5) is 2.05. The topological polar surface area (TPSA) is 99.3 Å². The monoisotopic (exact) mass is 462 g/mol. The summed E-state index contributed by atoms with van der Waals surface area (Å²) < 4.78 is 12.0. The summed E-state index contributed by atoms with van der Waals surface area (Å²) in [7, 11) is 0. The average molecular weight is 463 g/mol. The van der Waals surface area contributed by atoms with Crippen LogP contribution in [-0.2, 0) is 12.8 Å². The summed E-state index contributed by atoms with van der Waals surface area (Å²) in [5, 5.41) is 16.2. The maximum Gasteiger partial charge on any atom is 0.134 e. The lowest BCUT2D eigenvalue weighted by atomic mass is 10.1. The van der Waals surface area contributed by atoms with Crippen LogP contribution < -0.4 is 10.5 Å². The van der Waals surface area contributed by atoms with Gasteiger partial charge in [0.1, 0.15) is 29.0 Å². The second-order valence-electron chi connectivity index (χ2n) is 7.58. The number of hydrogen-bond acceptors (Lipinski definition) is 4. The number of benzene rings is 2. The molecule has 0 bridgehead atoms. The average Bonchev–Trinajstić information content (AvgIpc) is 3.33. The van der Waals surface area contributed by atoms with Gasteiger partial charge in [0.2, 0.25) is 0 Å². The molecule has 2 heterocycles. The second-order valence-corrected chi connectivity index (χ2v) is 7.58. The first-order valence-corrected chi connectivity index (χ1v) is 9.90. The van der Waals surface area contributed by atoms with Gasteiger partial charge in [0.05, 0.1) is 12.4 Å². The summed E-state index contributed by atoms with van der Waals surface area (Å²) in [6.07, 6.45) is 2.79. The van der Waals surface area contributed by atoms with Crippen molar-refractivity contribution in [1.82, 2.24) is 4.90 Å². The molecule has 1 saturated heterocycles. The van der Waals surface area contributed by atoms with Crippen LogP contribution >= 0.6 is 24.8 Å². The third kappa shape index (κ3) is 5.93. The number of ether oxygens (including phenoxy) is 1. The van der Waals surface area contributed by atoms with E-state index < -0.39 is 0 Å². The van der Waals surface area contributed by atoms with Gasteiger partial charge in [0, 0.05) is 30.3 Å². The standard InChI is InChI=1S/C23H26N4O2.2ClH/c1-15(24)27-11-10-21(14-27)28-19-6-2-16(3-7-19)4-8-20-13-18-12-17(23(25)26)5-9-22(18)29-20;;/h2-3,5-7,9,12-13,21,24H,4,8,10-11,14H2,1H3,(H3,25,26);2*1H/t21-;;/m0../s1. The molecule has 1 fully saturated rings. The van der Waals surface area contributed by atoms with Gasteiger partial charge < -0.3 is 19.8 Å². The summed E-state index contributed by atoms with van der Waals surface area (Å²) >= 11 is 0. The molecule has 3 aromatic rings. The van der Waals surface area contributed by atoms with E-state index in [0.29, 0.717) is 11.4 Å². The predicted octanol–water partition coefficient (Wildman–Crippen LogP) is 4.80. The number of fused-ring (bicyclic) bond motifs is 1. The van der Waals surface area contributed by atoms with Crippen LogP contribution in [0.2, 0.25) is 0 Å². The molecule has 0 amide bonds. The quantitative estimate of drug-likeness (QED) is 0.361. The summed E-state index contributed by atoms with van der Waals surface area (Å²) in [6.45, 7) is 3.50. The number of amidine groups is 2. The molecule has 1 aromatic heterocycles. The molecule has 31 heavy (non-hydrogen) atoms. The Morgan fingerprint density at radius 2 is 1.84 bits per heavy atom. The van der Waals surface area contributed by atoms with Crippen molar-refractivity contribution >= 4 is 47.5 Å². The number of likely N-dealkylation sites (tertiary alicyclic amines) is 1. The molecular formula is C23H28Cl2N4O2. The smallest absolute Gasteiger partial charge is 0.134 e. The first-order chi connectivity index (χ1) is 14.0. The maximum absolute atomic E-state index is 7.72. The minimum Gasteiger partial charge on any atom is -0.489 e. The molecule has 6 nitrogen and oxygen atoms in total. The number of hydrogen-bond donors (Lipinski definition) is 3. The zero-order valence-electron chi connectivity index (χ0n) is 17.4. The van der Waals surface area contributed by atoms with Crippen LogP contribution in [0.3, 0.4) is 0 Å². The van der Waals surface area contributed by atoms with Crippen molar-refractivity contribution in [3.8, 4) is 5.75 Å². The normalized spacial score (nSPS) is 15.3. The number of halogens is 2. The molecule has 0 aliphatic carbocycles. The fourth-order valence-electron chi connectivity index (χ4n) is 3.71. The SMILES string of the molecule is CC(=N)N1CC[C@H](Oc2ccc(CCc3cc4cc(C(=N)N)ccc4o3)cc2)C1.Cl.Cl. The van der Waals surface area contributed by atoms with Gasteiger partial charge in [0.25, 0.3) is 0 Å². The first-order valence-electron chi connectivity index (χ1n) is 9.90. The van der Waals surface area contributed by atoms with Gasteiger partial charge in [-0.3, -0.25) is 10.8 Å². The van der Waals surface area contributed by atoms with Crippen LogP contribution in [0.5, 0.6) is 5.75 Å². The zero-order valence-corrected chi connectivity index (χ0v) is 19.0. The Balaban J connectivity index is 0.00000171. The highest BCUT2D eigenvalue weighted by molar-refractivity contribution is 5.98. The lowest BCUT2D eigenvalue weighted by Gasteiger charge is -2.17. The molecule has 4 rings (SSSR count). The lowest BCUT2D eigenvalue weighted by Crippen LogP contribution is -2.28.